The second-order valence-corrected chi connectivity index (χ2v) is 8.30. The number of benzene rings is 1. The lowest BCUT2D eigenvalue weighted by Crippen LogP contribution is -2.52. The number of alkyl halides is 2. The second-order valence-electron chi connectivity index (χ2n) is 8.30. The van der Waals surface area contributed by atoms with Gasteiger partial charge in [0.25, 0.3) is 5.91 Å². The molecule has 2 heterocycles. The quantitative estimate of drug-likeness (QED) is 0.666. The van der Waals surface area contributed by atoms with Crippen LogP contribution < -0.4 is 10.6 Å². The summed E-state index contributed by atoms with van der Waals surface area (Å²) >= 11 is 0. The lowest BCUT2D eigenvalue weighted by atomic mass is 9.79. The molecule has 4 amide bonds. The van der Waals surface area contributed by atoms with Crippen molar-refractivity contribution >= 4 is 23.8 Å². The number of hydrogen-bond donors (Lipinski definition) is 2. The van der Waals surface area contributed by atoms with Gasteiger partial charge in [0, 0.05) is 37.9 Å². The first-order valence-electron chi connectivity index (χ1n) is 10.3. The van der Waals surface area contributed by atoms with Gasteiger partial charge in [-0.3, -0.25) is 19.7 Å². The highest BCUT2D eigenvalue weighted by molar-refractivity contribution is 6.05. The Hall–Kier alpha value is -3.04. The predicted octanol–water partition coefficient (Wildman–Crippen LogP) is 2.11. The third-order valence-corrected chi connectivity index (χ3v) is 5.96. The highest BCUT2D eigenvalue weighted by Crippen LogP contribution is 2.43. The lowest BCUT2D eigenvalue weighted by Gasteiger charge is -2.34. The van der Waals surface area contributed by atoms with Crippen molar-refractivity contribution in [1.82, 2.24) is 15.5 Å². The largest absolute Gasteiger partial charge is 0.450 e. The molecular weight excluding hydrogens is 412 g/mol. The Morgan fingerprint density at radius 2 is 2.03 bits per heavy atom. The first-order chi connectivity index (χ1) is 14.7. The predicted molar refractivity (Wildman–Crippen MR) is 103 cm³/mol. The number of rotatable bonds is 6. The number of nitrogens with one attached hydrogen (secondary N) is 2. The van der Waals surface area contributed by atoms with Crippen molar-refractivity contribution in [2.75, 3.05) is 6.61 Å². The molecule has 8 nitrogen and oxygen atoms in total. The van der Waals surface area contributed by atoms with Gasteiger partial charge in [-0.25, -0.2) is 13.6 Å². The molecule has 10 heteroatoms. The van der Waals surface area contributed by atoms with Gasteiger partial charge >= 0.3 is 6.09 Å². The Bertz CT molecular complexity index is 928. The Balaban J connectivity index is 1.26. The highest BCUT2D eigenvalue weighted by Gasteiger charge is 2.44. The van der Waals surface area contributed by atoms with E-state index in [9.17, 15) is 28.0 Å². The summed E-state index contributed by atoms with van der Waals surface area (Å²) in [6.45, 7) is 0.506. The summed E-state index contributed by atoms with van der Waals surface area (Å²) in [5.41, 5.74) is 1.93. The minimum atomic E-state index is -2.58. The smallest absolute Gasteiger partial charge is 0.407 e. The monoisotopic (exact) mass is 435 g/mol. The van der Waals surface area contributed by atoms with Crippen LogP contribution in [0.2, 0.25) is 0 Å². The van der Waals surface area contributed by atoms with Gasteiger partial charge in [-0.2, -0.15) is 0 Å². The van der Waals surface area contributed by atoms with E-state index in [1.54, 1.807) is 18.2 Å². The van der Waals surface area contributed by atoms with Crippen molar-refractivity contribution in [1.29, 1.82) is 0 Å². The topological polar surface area (TPSA) is 105 Å². The van der Waals surface area contributed by atoms with Gasteiger partial charge in [0.15, 0.2) is 0 Å². The molecule has 0 spiro atoms. The summed E-state index contributed by atoms with van der Waals surface area (Å²) in [4.78, 5) is 49.5. The molecule has 4 rings (SSSR count). The van der Waals surface area contributed by atoms with Crippen molar-refractivity contribution in [3.8, 4) is 0 Å². The van der Waals surface area contributed by atoms with Gasteiger partial charge in [0.05, 0.1) is 6.61 Å². The van der Waals surface area contributed by atoms with E-state index in [1.165, 1.54) is 4.90 Å². The SMILES string of the molecule is O=C1CCC(N2Cc3ccc(CNC(=O)OCCC4CC(F)(F)C4)cc3C2=O)C(=O)N1. The van der Waals surface area contributed by atoms with Crippen LogP contribution in [0.4, 0.5) is 13.6 Å². The molecule has 2 fully saturated rings. The average Bonchev–Trinajstić information content (AvgIpc) is 3.01. The van der Waals surface area contributed by atoms with Crippen LogP contribution in [0.3, 0.4) is 0 Å². The van der Waals surface area contributed by atoms with Crippen LogP contribution in [0.25, 0.3) is 0 Å². The molecule has 1 aromatic carbocycles. The van der Waals surface area contributed by atoms with Gasteiger partial charge in [-0.05, 0) is 36.0 Å². The molecule has 0 aromatic heterocycles. The van der Waals surface area contributed by atoms with Crippen molar-refractivity contribution in [3.05, 3.63) is 34.9 Å². The van der Waals surface area contributed by atoms with Crippen LogP contribution in [-0.4, -0.2) is 47.3 Å². The van der Waals surface area contributed by atoms with Crippen LogP contribution in [0, 0.1) is 5.92 Å². The van der Waals surface area contributed by atoms with E-state index in [1.807, 2.05) is 0 Å². The number of amides is 4. The highest BCUT2D eigenvalue weighted by atomic mass is 19.3. The number of alkyl carbamates (subject to hydrolysis) is 1. The van der Waals surface area contributed by atoms with E-state index >= 15 is 0 Å². The molecule has 31 heavy (non-hydrogen) atoms. The third kappa shape index (κ3) is 4.67. The van der Waals surface area contributed by atoms with Gasteiger partial charge in [0.2, 0.25) is 17.7 Å². The summed E-state index contributed by atoms with van der Waals surface area (Å²) in [6, 6.07) is 4.54. The van der Waals surface area contributed by atoms with Gasteiger partial charge < -0.3 is 15.0 Å². The number of ether oxygens (including phenoxy) is 1. The molecule has 1 aromatic rings. The normalized spacial score (nSPS) is 22.6. The summed E-state index contributed by atoms with van der Waals surface area (Å²) in [5.74, 6) is -3.78. The second kappa shape index (κ2) is 8.24. The first-order valence-corrected chi connectivity index (χ1v) is 10.3. The lowest BCUT2D eigenvalue weighted by molar-refractivity contribution is -0.136. The average molecular weight is 435 g/mol. The molecule has 1 atom stereocenters. The molecule has 0 bridgehead atoms. The molecule has 1 saturated heterocycles. The minimum absolute atomic E-state index is 0.0795. The van der Waals surface area contributed by atoms with Gasteiger partial charge in [-0.15, -0.1) is 0 Å². The molecule has 1 unspecified atom stereocenters. The van der Waals surface area contributed by atoms with E-state index in [0.717, 1.165) is 5.56 Å². The number of imide groups is 1. The van der Waals surface area contributed by atoms with Crippen molar-refractivity contribution in [3.63, 3.8) is 0 Å². The fraction of sp³-hybridized carbons (Fsp3) is 0.524. The van der Waals surface area contributed by atoms with E-state index in [0.29, 0.717) is 24.0 Å². The number of halogens is 2. The van der Waals surface area contributed by atoms with E-state index in [4.69, 9.17) is 4.74 Å². The zero-order chi connectivity index (χ0) is 22.2. The number of fused-ring (bicyclic) bond motifs is 1. The van der Waals surface area contributed by atoms with E-state index < -0.39 is 24.0 Å². The van der Waals surface area contributed by atoms with E-state index in [-0.39, 0.29) is 56.7 Å². The molecule has 1 saturated carbocycles. The zero-order valence-corrected chi connectivity index (χ0v) is 16.8. The van der Waals surface area contributed by atoms with Crippen molar-refractivity contribution in [2.24, 2.45) is 5.92 Å². The molecule has 3 aliphatic rings. The molecule has 2 N–H and O–H groups in total. The number of carbonyl (C=O) groups excluding carboxylic acids is 4. The van der Waals surface area contributed by atoms with Gasteiger partial charge in [0.1, 0.15) is 6.04 Å². The third-order valence-electron chi connectivity index (χ3n) is 5.96. The zero-order valence-electron chi connectivity index (χ0n) is 16.8. The molecule has 0 radical (unpaired) electrons. The maximum absolute atomic E-state index is 12.8. The number of carbonyl (C=O) groups is 4. The first kappa shape index (κ1) is 21.2. The number of nitrogens with zero attached hydrogens (tertiary/aromatic N) is 1. The number of hydrogen-bond acceptors (Lipinski definition) is 5. The van der Waals surface area contributed by atoms with E-state index in [2.05, 4.69) is 10.6 Å². The molecular formula is C21H23F2N3O5. The fourth-order valence-corrected chi connectivity index (χ4v) is 4.24. The van der Waals surface area contributed by atoms with Crippen LogP contribution in [-0.2, 0) is 27.4 Å². The van der Waals surface area contributed by atoms with Crippen LogP contribution in [0.15, 0.2) is 18.2 Å². The maximum atomic E-state index is 12.8. The summed E-state index contributed by atoms with van der Waals surface area (Å²) in [7, 11) is 0. The van der Waals surface area contributed by atoms with Crippen LogP contribution in [0.5, 0.6) is 0 Å². The summed E-state index contributed by atoms with van der Waals surface area (Å²) < 4.78 is 30.6. The molecule has 1 aliphatic carbocycles. The molecule has 166 valence electrons. The molecule has 2 aliphatic heterocycles. The Labute approximate surface area is 177 Å². The number of piperidine rings is 1. The summed E-state index contributed by atoms with van der Waals surface area (Å²) in [5, 5.41) is 4.84. The standard InChI is InChI=1S/C21H23F2N3O5/c22-21(23)8-13(9-21)5-6-31-20(30)24-10-12-1-2-14-11-26(19(29)15(14)7-12)16-3-4-17(27)25-18(16)28/h1-2,7,13,16H,3-6,8-11H2,(H,24,30)(H,25,27,28). The Morgan fingerprint density at radius 3 is 2.74 bits per heavy atom. The fourth-order valence-electron chi connectivity index (χ4n) is 4.24. The van der Waals surface area contributed by atoms with Crippen LogP contribution in [0.1, 0.15) is 53.6 Å². The van der Waals surface area contributed by atoms with Crippen LogP contribution >= 0.6 is 0 Å². The van der Waals surface area contributed by atoms with Crippen molar-refractivity contribution < 1.29 is 32.7 Å². The Morgan fingerprint density at radius 1 is 1.26 bits per heavy atom. The van der Waals surface area contributed by atoms with Gasteiger partial charge in [-0.1, -0.05) is 12.1 Å². The van der Waals surface area contributed by atoms with Crippen molar-refractivity contribution in [2.45, 2.75) is 57.2 Å². The minimum Gasteiger partial charge on any atom is -0.450 e. The Kier molecular flexibility index (Phi) is 5.63. The summed E-state index contributed by atoms with van der Waals surface area (Å²) in [6.07, 6.45) is -0.0660. The maximum Gasteiger partial charge on any atom is 0.407 e.